The molecule has 1 atom stereocenters. The number of aromatic nitrogens is 1. The van der Waals surface area contributed by atoms with Gasteiger partial charge in [0.15, 0.2) is 0 Å². The van der Waals surface area contributed by atoms with Crippen molar-refractivity contribution in [3.8, 4) is 5.75 Å². The molecule has 35 heavy (non-hydrogen) atoms. The van der Waals surface area contributed by atoms with Crippen molar-refractivity contribution >= 4 is 34.2 Å². The molecule has 4 N–H and O–H groups in total. The van der Waals surface area contributed by atoms with E-state index >= 15 is 0 Å². The molecule has 8 heteroatoms. The third-order valence-corrected chi connectivity index (χ3v) is 6.31. The number of pyridine rings is 1. The molecule has 4 rings (SSSR count). The van der Waals surface area contributed by atoms with Crippen LogP contribution >= 0.6 is 22.6 Å². The number of hydrogen-bond donors (Lipinski definition) is 2. The third kappa shape index (κ3) is 6.94. The fourth-order valence-electron chi connectivity index (χ4n) is 4.26. The highest BCUT2D eigenvalue weighted by Gasteiger charge is 2.22. The van der Waals surface area contributed by atoms with Crippen LogP contribution in [0.1, 0.15) is 30.0 Å². The van der Waals surface area contributed by atoms with Crippen LogP contribution in [0, 0.1) is 5.92 Å². The highest BCUT2D eigenvalue weighted by molar-refractivity contribution is 14.1. The van der Waals surface area contributed by atoms with E-state index in [9.17, 15) is 4.39 Å². The molecule has 1 aliphatic heterocycles. The van der Waals surface area contributed by atoms with E-state index in [0.29, 0.717) is 11.6 Å². The van der Waals surface area contributed by atoms with Crippen molar-refractivity contribution in [2.45, 2.75) is 23.2 Å². The maximum atomic E-state index is 13.0. The number of aliphatic imine (C=N–C) groups is 1. The van der Waals surface area contributed by atoms with Crippen LogP contribution in [0.25, 0.3) is 0 Å². The lowest BCUT2D eigenvalue weighted by molar-refractivity contribution is 0.170. The summed E-state index contributed by atoms with van der Waals surface area (Å²) in [6, 6.07) is 23.6. The Bertz CT molecular complexity index is 1090. The van der Waals surface area contributed by atoms with E-state index < -0.39 is 4.36 Å². The summed E-state index contributed by atoms with van der Waals surface area (Å²) in [5.41, 5.74) is 15.7. The Morgan fingerprint density at radius 3 is 2.11 bits per heavy atom. The van der Waals surface area contributed by atoms with E-state index in [2.05, 4.69) is 34.1 Å². The van der Waals surface area contributed by atoms with Gasteiger partial charge in [-0.3, -0.25) is 4.99 Å². The number of rotatable bonds is 8. The Morgan fingerprint density at radius 2 is 1.60 bits per heavy atom. The van der Waals surface area contributed by atoms with Crippen molar-refractivity contribution in [1.29, 1.82) is 0 Å². The van der Waals surface area contributed by atoms with Crippen molar-refractivity contribution in [2.75, 3.05) is 18.0 Å². The lowest BCUT2D eigenvalue weighted by Gasteiger charge is -2.33. The van der Waals surface area contributed by atoms with E-state index in [1.807, 2.05) is 42.5 Å². The van der Waals surface area contributed by atoms with Crippen LogP contribution in [-0.4, -0.2) is 28.3 Å². The van der Waals surface area contributed by atoms with Crippen LogP contribution in [0.4, 0.5) is 10.2 Å². The quantitative estimate of drug-likeness (QED) is 0.161. The number of amidine groups is 1. The molecule has 1 fully saturated rings. The van der Waals surface area contributed by atoms with E-state index in [4.69, 9.17) is 21.2 Å². The zero-order chi connectivity index (χ0) is 24.6. The molecule has 182 valence electrons. The first-order valence-electron chi connectivity index (χ1n) is 11.6. The molecule has 1 saturated heterocycles. The van der Waals surface area contributed by atoms with E-state index in [0.717, 1.165) is 48.6 Å². The van der Waals surface area contributed by atoms with Gasteiger partial charge in [-0.15, -0.1) is 0 Å². The normalized spacial score (nSPS) is 16.4. The molecule has 0 aliphatic carbocycles. The van der Waals surface area contributed by atoms with Gasteiger partial charge in [0, 0.05) is 47.3 Å². The van der Waals surface area contributed by atoms with Crippen LogP contribution < -0.4 is 21.1 Å². The second-order valence-electron chi connectivity index (χ2n) is 8.41. The summed E-state index contributed by atoms with van der Waals surface area (Å²) in [4.78, 5) is 11.4. The number of anilines is 1. The summed E-state index contributed by atoms with van der Waals surface area (Å²) in [7, 11) is 0. The first-order valence-corrected chi connectivity index (χ1v) is 12.8. The minimum atomic E-state index is -1.39. The van der Waals surface area contributed by atoms with Gasteiger partial charge in [-0.1, -0.05) is 60.7 Å². The Labute approximate surface area is 219 Å². The molecule has 3 aromatic rings. The molecule has 0 bridgehead atoms. The summed E-state index contributed by atoms with van der Waals surface area (Å²) >= 11 is 1.56. The molecule has 0 radical (unpaired) electrons. The number of nitrogens with zero attached hydrogens (tertiary/aromatic N) is 3. The highest BCUT2D eigenvalue weighted by Crippen LogP contribution is 2.28. The number of nitrogens with two attached hydrogens (primary N) is 2. The van der Waals surface area contributed by atoms with Gasteiger partial charge in [-0.2, -0.15) is 4.39 Å². The van der Waals surface area contributed by atoms with Gasteiger partial charge in [0.1, 0.15) is 23.4 Å². The zero-order valence-corrected chi connectivity index (χ0v) is 21.5. The first-order chi connectivity index (χ1) is 17.0. The van der Waals surface area contributed by atoms with Gasteiger partial charge in [0.05, 0.1) is 6.20 Å². The second kappa shape index (κ2) is 12.0. The molecule has 1 aromatic heterocycles. The van der Waals surface area contributed by atoms with E-state index in [-0.39, 0.29) is 12.0 Å². The van der Waals surface area contributed by atoms with Crippen LogP contribution in [-0.2, 0) is 0 Å². The number of halogens is 2. The predicted octanol–water partition coefficient (Wildman–Crippen LogP) is 5.35. The van der Waals surface area contributed by atoms with Gasteiger partial charge in [0.25, 0.3) is 4.36 Å². The van der Waals surface area contributed by atoms with Gasteiger partial charge >= 0.3 is 0 Å². The average Bonchev–Trinajstić information content (AvgIpc) is 2.88. The summed E-state index contributed by atoms with van der Waals surface area (Å²) in [5.74, 6) is 1.90. The molecule has 2 heterocycles. The zero-order valence-electron chi connectivity index (χ0n) is 19.3. The summed E-state index contributed by atoms with van der Waals surface area (Å²) in [6.45, 7) is 1.64. The minimum Gasteiger partial charge on any atom is -0.450 e. The molecular weight excluding hydrogens is 556 g/mol. The van der Waals surface area contributed by atoms with Crippen LogP contribution in [0.15, 0.2) is 95.8 Å². The number of benzene rings is 2. The predicted molar refractivity (Wildman–Crippen MR) is 147 cm³/mol. The lowest BCUT2D eigenvalue weighted by Crippen LogP contribution is -2.36. The Balaban J connectivity index is 1.41. The highest BCUT2D eigenvalue weighted by atomic mass is 127. The third-order valence-electron chi connectivity index (χ3n) is 6.06. The fraction of sp³-hybridized carbons (Fsp3) is 0.259. The maximum Gasteiger partial charge on any atom is 0.288 e. The van der Waals surface area contributed by atoms with Crippen LogP contribution in [0.3, 0.4) is 0 Å². The molecule has 2 aromatic carbocycles. The Morgan fingerprint density at radius 1 is 1.00 bits per heavy atom. The lowest BCUT2D eigenvalue weighted by atomic mass is 9.93. The Hall–Kier alpha value is -3.14. The first kappa shape index (κ1) is 25.0. The van der Waals surface area contributed by atoms with E-state index in [1.165, 1.54) is 0 Å². The summed E-state index contributed by atoms with van der Waals surface area (Å²) in [6.07, 6.45) is 5.13. The number of allylic oxidation sites excluding steroid dienone is 1. The molecule has 6 nitrogen and oxygen atoms in total. The summed E-state index contributed by atoms with van der Waals surface area (Å²) < 4.78 is 16.6. The average molecular weight is 585 g/mol. The number of alkyl halides is 2. The van der Waals surface area contributed by atoms with Crippen LogP contribution in [0.5, 0.6) is 5.75 Å². The maximum absolute atomic E-state index is 13.0. The van der Waals surface area contributed by atoms with Gasteiger partial charge in [-0.25, -0.2) is 4.98 Å². The van der Waals surface area contributed by atoms with Gasteiger partial charge in [0.2, 0.25) is 0 Å². The fourth-order valence-corrected chi connectivity index (χ4v) is 4.55. The van der Waals surface area contributed by atoms with Crippen molar-refractivity contribution in [2.24, 2.45) is 22.4 Å². The topological polar surface area (TPSA) is 89.8 Å². The number of piperidine rings is 1. The van der Waals surface area contributed by atoms with Crippen molar-refractivity contribution in [3.63, 3.8) is 0 Å². The minimum absolute atomic E-state index is 0.193. The summed E-state index contributed by atoms with van der Waals surface area (Å²) in [5, 5.41) is 0. The molecule has 0 saturated carbocycles. The van der Waals surface area contributed by atoms with E-state index in [1.54, 1.807) is 40.9 Å². The molecule has 1 aliphatic rings. The van der Waals surface area contributed by atoms with Crippen molar-refractivity contribution in [3.05, 3.63) is 102 Å². The standard InChI is InChI=1S/C27H29FIN5O/c28-27(29)35-22-11-12-25(32-18-22)34-15-13-19(14-16-34)23(30)17-24(31)33-26(20-7-3-1-4-8-20)21-9-5-2-6-10-21/h1-12,17-19,26-27H,13-16,30H2,(H2,31,33). The molecule has 0 spiro atoms. The number of hydrogen-bond acceptors (Lipinski definition) is 5. The molecular formula is C27H29FIN5O. The number of ether oxygens (including phenoxy) is 1. The smallest absolute Gasteiger partial charge is 0.288 e. The second-order valence-corrected chi connectivity index (χ2v) is 9.39. The largest absolute Gasteiger partial charge is 0.450 e. The SMILES string of the molecule is NC(=CC(N)=NC(c1ccccc1)c1ccccc1)C1CCN(c2ccc(OC(F)I)cn2)CC1. The van der Waals surface area contributed by atoms with Crippen molar-refractivity contribution < 1.29 is 9.13 Å². The van der Waals surface area contributed by atoms with Gasteiger partial charge in [-0.05, 0) is 42.2 Å². The van der Waals surface area contributed by atoms with Crippen molar-refractivity contribution in [1.82, 2.24) is 4.98 Å². The van der Waals surface area contributed by atoms with Crippen LogP contribution in [0.2, 0.25) is 0 Å². The molecule has 0 amide bonds. The molecule has 1 unspecified atom stereocenters. The van der Waals surface area contributed by atoms with Gasteiger partial charge < -0.3 is 21.1 Å². The monoisotopic (exact) mass is 585 g/mol. The Kier molecular flexibility index (Phi) is 8.57.